The Morgan fingerprint density at radius 2 is 2.13 bits per heavy atom. The number of allylic oxidation sites excluding steroid dienone is 2. The Morgan fingerprint density at radius 1 is 1.47 bits per heavy atom. The van der Waals surface area contributed by atoms with Crippen molar-refractivity contribution in [3.05, 3.63) is 36.5 Å². The molecule has 0 radical (unpaired) electrons. The highest BCUT2D eigenvalue weighted by Gasteiger charge is 2.12. The monoisotopic (exact) mass is 206 g/mol. The van der Waals surface area contributed by atoms with Crippen molar-refractivity contribution >= 4 is 0 Å². The molecule has 0 aromatic carbocycles. The molecule has 1 saturated carbocycles. The quantitative estimate of drug-likeness (QED) is 0.538. The van der Waals surface area contributed by atoms with E-state index in [1.165, 1.54) is 25.7 Å². The van der Waals surface area contributed by atoms with Crippen LogP contribution < -0.4 is 0 Å². The molecule has 0 heterocycles. The molecule has 1 atom stereocenters. The van der Waals surface area contributed by atoms with E-state index in [9.17, 15) is 5.11 Å². The summed E-state index contributed by atoms with van der Waals surface area (Å²) in [5.74, 6) is 0.868. The molecule has 0 bridgehead atoms. The summed E-state index contributed by atoms with van der Waals surface area (Å²) in [6, 6.07) is 0. The number of hydrogen-bond acceptors (Lipinski definition) is 1. The Hall–Kier alpha value is -0.820. The van der Waals surface area contributed by atoms with E-state index >= 15 is 0 Å². The molecule has 0 aromatic rings. The van der Waals surface area contributed by atoms with Gasteiger partial charge in [0.2, 0.25) is 0 Å². The molecule has 0 aliphatic heterocycles. The molecule has 0 aromatic heterocycles. The van der Waals surface area contributed by atoms with Crippen LogP contribution in [-0.4, -0.2) is 11.2 Å². The fourth-order valence-electron chi connectivity index (χ4n) is 2.06. The molecule has 0 saturated heterocycles. The minimum absolute atomic E-state index is 0.519. The lowest BCUT2D eigenvalue weighted by atomic mass is 10.0. The van der Waals surface area contributed by atoms with Crippen LogP contribution in [0.5, 0.6) is 0 Å². The zero-order valence-electron chi connectivity index (χ0n) is 9.65. The summed E-state index contributed by atoms with van der Waals surface area (Å²) < 4.78 is 0. The molecule has 1 heteroatoms. The van der Waals surface area contributed by atoms with Gasteiger partial charge in [0.15, 0.2) is 0 Å². The lowest BCUT2D eigenvalue weighted by Gasteiger charge is -2.06. The smallest absolute Gasteiger partial charge is 0.0965 e. The summed E-state index contributed by atoms with van der Waals surface area (Å²) in [6.07, 6.45) is 13.9. The Labute approximate surface area is 93.2 Å². The van der Waals surface area contributed by atoms with E-state index in [1.807, 2.05) is 19.1 Å². The first-order valence-corrected chi connectivity index (χ1v) is 5.90. The molecule has 1 aliphatic carbocycles. The molecule has 1 nitrogen and oxygen atoms in total. The third-order valence-corrected chi connectivity index (χ3v) is 3.03. The van der Waals surface area contributed by atoms with Crippen LogP contribution >= 0.6 is 0 Å². The predicted molar refractivity (Wildman–Crippen MR) is 65.7 cm³/mol. The molecular weight excluding hydrogens is 184 g/mol. The lowest BCUT2D eigenvalue weighted by molar-refractivity contribution is 0.263. The molecule has 84 valence electrons. The van der Waals surface area contributed by atoms with Gasteiger partial charge in [-0.25, -0.2) is 0 Å². The van der Waals surface area contributed by atoms with Gasteiger partial charge in [-0.15, -0.1) is 0 Å². The highest BCUT2D eigenvalue weighted by Crippen LogP contribution is 2.27. The normalized spacial score (nSPS) is 20.4. The van der Waals surface area contributed by atoms with Gasteiger partial charge >= 0.3 is 0 Å². The van der Waals surface area contributed by atoms with Crippen molar-refractivity contribution in [2.45, 2.75) is 45.1 Å². The second-order valence-corrected chi connectivity index (χ2v) is 4.33. The summed E-state index contributed by atoms with van der Waals surface area (Å²) in [5.41, 5.74) is 0.783. The zero-order chi connectivity index (χ0) is 11.1. The number of hydrogen-bond donors (Lipinski definition) is 1. The van der Waals surface area contributed by atoms with Crippen molar-refractivity contribution < 1.29 is 5.11 Å². The van der Waals surface area contributed by atoms with Crippen molar-refractivity contribution in [2.75, 3.05) is 0 Å². The van der Waals surface area contributed by atoms with Crippen molar-refractivity contribution in [2.24, 2.45) is 5.92 Å². The third-order valence-electron chi connectivity index (χ3n) is 3.03. The molecule has 15 heavy (non-hydrogen) atoms. The van der Waals surface area contributed by atoms with E-state index in [0.29, 0.717) is 0 Å². The standard InChI is InChI=1S/C14H22O/c1-3-7-14(15)12(2)8-6-11-13-9-4-5-10-13/h3,6-8,13-15H,2,4-5,9-11H2,1H3/b7-3+,8-6-. The predicted octanol–water partition coefficient (Wildman–Crippen LogP) is 3.62. The minimum atomic E-state index is -0.519. The van der Waals surface area contributed by atoms with Crippen LogP contribution in [0.4, 0.5) is 0 Å². The Morgan fingerprint density at radius 3 is 2.73 bits per heavy atom. The lowest BCUT2D eigenvalue weighted by Crippen LogP contribution is -2.03. The highest BCUT2D eigenvalue weighted by atomic mass is 16.3. The van der Waals surface area contributed by atoms with Crippen LogP contribution in [0.15, 0.2) is 36.5 Å². The van der Waals surface area contributed by atoms with Gasteiger partial charge in [-0.2, -0.15) is 0 Å². The highest BCUT2D eigenvalue weighted by molar-refractivity contribution is 5.23. The van der Waals surface area contributed by atoms with Gasteiger partial charge in [-0.1, -0.05) is 56.6 Å². The minimum Gasteiger partial charge on any atom is -0.384 e. The zero-order valence-corrected chi connectivity index (χ0v) is 9.65. The second-order valence-electron chi connectivity index (χ2n) is 4.33. The van der Waals surface area contributed by atoms with Crippen LogP contribution in [0.2, 0.25) is 0 Å². The molecule has 1 fully saturated rings. The van der Waals surface area contributed by atoms with E-state index in [-0.39, 0.29) is 0 Å². The maximum Gasteiger partial charge on any atom is 0.0965 e. The number of aliphatic hydroxyl groups excluding tert-OH is 1. The van der Waals surface area contributed by atoms with Gasteiger partial charge in [-0.05, 0) is 24.8 Å². The largest absolute Gasteiger partial charge is 0.384 e. The van der Waals surface area contributed by atoms with Gasteiger partial charge < -0.3 is 5.11 Å². The summed E-state index contributed by atoms with van der Waals surface area (Å²) in [6.45, 7) is 5.75. The van der Waals surface area contributed by atoms with E-state index in [2.05, 4.69) is 12.7 Å². The van der Waals surface area contributed by atoms with Crippen molar-refractivity contribution in [3.63, 3.8) is 0 Å². The van der Waals surface area contributed by atoms with Gasteiger partial charge in [-0.3, -0.25) is 0 Å². The SMILES string of the molecule is C=C(/C=C\CC1CCCC1)C(O)/C=C/C. The fraction of sp³-hybridized carbons (Fsp3) is 0.571. The first-order chi connectivity index (χ1) is 7.24. The van der Waals surface area contributed by atoms with Gasteiger partial charge in [0.05, 0.1) is 6.10 Å². The van der Waals surface area contributed by atoms with Gasteiger partial charge in [0.25, 0.3) is 0 Å². The molecular formula is C14H22O. The van der Waals surface area contributed by atoms with Crippen LogP contribution in [-0.2, 0) is 0 Å². The number of rotatable bonds is 5. The second kappa shape index (κ2) is 6.62. The molecule has 1 rings (SSSR count). The van der Waals surface area contributed by atoms with Crippen LogP contribution in [0.1, 0.15) is 39.0 Å². The first-order valence-electron chi connectivity index (χ1n) is 5.90. The summed E-state index contributed by atoms with van der Waals surface area (Å²) in [5, 5.41) is 9.57. The molecule has 1 unspecified atom stereocenters. The van der Waals surface area contributed by atoms with E-state index in [1.54, 1.807) is 6.08 Å². The maximum absolute atomic E-state index is 9.57. The average Bonchev–Trinajstić information content (AvgIpc) is 2.71. The first kappa shape index (κ1) is 12.3. The Bertz CT molecular complexity index is 244. The van der Waals surface area contributed by atoms with Crippen LogP contribution in [0, 0.1) is 5.92 Å². The summed E-state index contributed by atoms with van der Waals surface area (Å²) in [7, 11) is 0. The topological polar surface area (TPSA) is 20.2 Å². The molecule has 1 aliphatic rings. The van der Waals surface area contributed by atoms with E-state index in [4.69, 9.17) is 0 Å². The van der Waals surface area contributed by atoms with Crippen LogP contribution in [0.25, 0.3) is 0 Å². The summed E-state index contributed by atoms with van der Waals surface area (Å²) in [4.78, 5) is 0. The summed E-state index contributed by atoms with van der Waals surface area (Å²) >= 11 is 0. The van der Waals surface area contributed by atoms with Crippen molar-refractivity contribution in [1.29, 1.82) is 0 Å². The van der Waals surface area contributed by atoms with Gasteiger partial charge in [0, 0.05) is 0 Å². The Kier molecular flexibility index (Phi) is 5.41. The molecule has 0 spiro atoms. The Balaban J connectivity index is 2.27. The number of aliphatic hydroxyl groups is 1. The molecule has 1 N–H and O–H groups in total. The van der Waals surface area contributed by atoms with Crippen LogP contribution in [0.3, 0.4) is 0 Å². The third kappa shape index (κ3) is 4.48. The van der Waals surface area contributed by atoms with Crippen molar-refractivity contribution in [1.82, 2.24) is 0 Å². The van der Waals surface area contributed by atoms with E-state index < -0.39 is 6.10 Å². The average molecular weight is 206 g/mol. The fourth-order valence-corrected chi connectivity index (χ4v) is 2.06. The maximum atomic E-state index is 9.57. The molecule has 0 amide bonds. The van der Waals surface area contributed by atoms with E-state index in [0.717, 1.165) is 17.9 Å². The van der Waals surface area contributed by atoms with Gasteiger partial charge in [0.1, 0.15) is 0 Å². The van der Waals surface area contributed by atoms with Crippen molar-refractivity contribution in [3.8, 4) is 0 Å².